The van der Waals surface area contributed by atoms with Gasteiger partial charge in [-0.05, 0) is 26.2 Å². The van der Waals surface area contributed by atoms with Crippen LogP contribution in [0.3, 0.4) is 0 Å². The minimum atomic E-state index is -0.717. The van der Waals surface area contributed by atoms with E-state index in [0.717, 1.165) is 25.7 Å². The fourth-order valence-corrected chi connectivity index (χ4v) is 3.71. The van der Waals surface area contributed by atoms with Crippen LogP contribution in [0.5, 0.6) is 0 Å². The summed E-state index contributed by atoms with van der Waals surface area (Å²) in [5.74, 6) is -0.717. The molecule has 0 amide bonds. The normalized spacial score (nSPS) is 37.6. The molecule has 0 aromatic carbocycles. The Morgan fingerprint density at radius 3 is 2.79 bits per heavy atom. The van der Waals surface area contributed by atoms with Crippen molar-refractivity contribution in [2.24, 2.45) is 0 Å². The summed E-state index contributed by atoms with van der Waals surface area (Å²) >= 11 is 0. The van der Waals surface area contributed by atoms with E-state index < -0.39 is 5.97 Å². The predicted molar refractivity (Wildman–Crippen MR) is 71.2 cm³/mol. The lowest BCUT2D eigenvalue weighted by molar-refractivity contribution is -0.140. The van der Waals surface area contributed by atoms with Gasteiger partial charge in [-0.15, -0.1) is 0 Å². The van der Waals surface area contributed by atoms with Crippen LogP contribution in [-0.4, -0.2) is 71.3 Å². The van der Waals surface area contributed by atoms with E-state index in [0.29, 0.717) is 18.7 Å². The Bertz CT molecular complexity index is 346. The van der Waals surface area contributed by atoms with Gasteiger partial charge >= 0.3 is 5.97 Å². The van der Waals surface area contributed by atoms with E-state index in [1.165, 1.54) is 19.3 Å². The molecule has 5 heteroatoms. The second kappa shape index (κ2) is 5.38. The first-order valence-electron chi connectivity index (χ1n) is 7.46. The molecule has 108 valence electrons. The van der Waals surface area contributed by atoms with Crippen LogP contribution in [0.25, 0.3) is 0 Å². The van der Waals surface area contributed by atoms with Crippen molar-refractivity contribution in [2.45, 2.75) is 56.8 Å². The zero-order chi connectivity index (χ0) is 13.4. The van der Waals surface area contributed by atoms with Crippen molar-refractivity contribution in [1.82, 2.24) is 9.80 Å². The molecule has 2 saturated heterocycles. The Labute approximate surface area is 114 Å². The molecule has 3 unspecified atom stereocenters. The second-order valence-corrected chi connectivity index (χ2v) is 6.23. The van der Waals surface area contributed by atoms with E-state index in [1.807, 2.05) is 0 Å². The zero-order valence-electron chi connectivity index (χ0n) is 11.6. The van der Waals surface area contributed by atoms with Crippen molar-refractivity contribution in [3.8, 4) is 0 Å². The standard InChI is InChI=1S/C14H24N2O3/c1-10-6-12(8-16(10)11-2-3-11)15-4-5-19-9-13(15)7-14(17)18/h10-13H,2-9H2,1H3,(H,17,18). The van der Waals surface area contributed by atoms with Gasteiger partial charge in [0.1, 0.15) is 0 Å². The van der Waals surface area contributed by atoms with E-state index in [-0.39, 0.29) is 12.5 Å². The van der Waals surface area contributed by atoms with E-state index in [9.17, 15) is 4.79 Å². The summed E-state index contributed by atoms with van der Waals surface area (Å²) in [5.41, 5.74) is 0. The Morgan fingerprint density at radius 1 is 1.32 bits per heavy atom. The lowest BCUT2D eigenvalue weighted by Gasteiger charge is -2.39. The molecular weight excluding hydrogens is 244 g/mol. The third-order valence-corrected chi connectivity index (χ3v) is 4.77. The maximum absolute atomic E-state index is 11.0. The lowest BCUT2D eigenvalue weighted by Crippen LogP contribution is -2.52. The lowest BCUT2D eigenvalue weighted by atomic mass is 10.1. The summed E-state index contributed by atoms with van der Waals surface area (Å²) in [7, 11) is 0. The number of nitrogens with zero attached hydrogens (tertiary/aromatic N) is 2. The van der Waals surface area contributed by atoms with Crippen LogP contribution in [0.2, 0.25) is 0 Å². The van der Waals surface area contributed by atoms with E-state index in [4.69, 9.17) is 9.84 Å². The van der Waals surface area contributed by atoms with Crippen LogP contribution in [0.15, 0.2) is 0 Å². The topological polar surface area (TPSA) is 53.0 Å². The van der Waals surface area contributed by atoms with Gasteiger partial charge in [0.15, 0.2) is 0 Å². The van der Waals surface area contributed by atoms with Gasteiger partial charge in [-0.3, -0.25) is 14.6 Å². The van der Waals surface area contributed by atoms with Gasteiger partial charge in [-0.1, -0.05) is 0 Å². The molecule has 2 aliphatic heterocycles. The van der Waals surface area contributed by atoms with Gasteiger partial charge in [0, 0.05) is 37.3 Å². The number of rotatable bonds is 4. The molecule has 1 saturated carbocycles. The molecule has 3 fully saturated rings. The highest BCUT2D eigenvalue weighted by Gasteiger charge is 2.42. The first kappa shape index (κ1) is 13.3. The molecule has 0 aromatic heterocycles. The maximum atomic E-state index is 11.0. The summed E-state index contributed by atoms with van der Waals surface area (Å²) in [6.07, 6.45) is 4.07. The number of carbonyl (C=O) groups is 1. The molecule has 19 heavy (non-hydrogen) atoms. The Morgan fingerprint density at radius 2 is 2.11 bits per heavy atom. The highest BCUT2D eigenvalue weighted by molar-refractivity contribution is 5.67. The molecular formula is C14H24N2O3. The van der Waals surface area contributed by atoms with Crippen LogP contribution >= 0.6 is 0 Å². The number of likely N-dealkylation sites (tertiary alicyclic amines) is 1. The number of morpholine rings is 1. The number of carboxylic acids is 1. The van der Waals surface area contributed by atoms with Gasteiger partial charge < -0.3 is 9.84 Å². The third kappa shape index (κ3) is 2.93. The van der Waals surface area contributed by atoms with Crippen LogP contribution in [-0.2, 0) is 9.53 Å². The number of carboxylic acid groups (broad SMARTS) is 1. The van der Waals surface area contributed by atoms with Crippen molar-refractivity contribution in [1.29, 1.82) is 0 Å². The largest absolute Gasteiger partial charge is 0.481 e. The highest BCUT2D eigenvalue weighted by Crippen LogP contribution is 2.35. The first-order chi connectivity index (χ1) is 9.15. The summed E-state index contributed by atoms with van der Waals surface area (Å²) in [5, 5.41) is 9.04. The zero-order valence-corrected chi connectivity index (χ0v) is 11.6. The van der Waals surface area contributed by atoms with Gasteiger partial charge in [0.05, 0.1) is 19.6 Å². The SMILES string of the molecule is CC1CC(N2CCOCC2CC(=O)O)CN1C1CC1. The molecule has 3 rings (SSSR count). The smallest absolute Gasteiger partial charge is 0.305 e. The number of aliphatic carboxylic acids is 1. The first-order valence-corrected chi connectivity index (χ1v) is 7.46. The van der Waals surface area contributed by atoms with Crippen molar-refractivity contribution >= 4 is 5.97 Å². The van der Waals surface area contributed by atoms with Crippen molar-refractivity contribution < 1.29 is 14.6 Å². The van der Waals surface area contributed by atoms with Gasteiger partial charge in [-0.2, -0.15) is 0 Å². The average molecular weight is 268 g/mol. The minimum absolute atomic E-state index is 0.0580. The Kier molecular flexibility index (Phi) is 3.78. The summed E-state index contributed by atoms with van der Waals surface area (Å²) in [6, 6.07) is 2.02. The maximum Gasteiger partial charge on any atom is 0.305 e. The fourth-order valence-electron chi connectivity index (χ4n) is 3.71. The second-order valence-electron chi connectivity index (χ2n) is 6.23. The fraction of sp³-hybridized carbons (Fsp3) is 0.929. The van der Waals surface area contributed by atoms with Gasteiger partial charge in [0.2, 0.25) is 0 Å². The molecule has 1 N–H and O–H groups in total. The molecule has 0 bridgehead atoms. The molecule has 1 aliphatic carbocycles. The number of hydrogen-bond acceptors (Lipinski definition) is 4. The molecule has 0 aromatic rings. The summed E-state index contributed by atoms with van der Waals surface area (Å²) in [4.78, 5) is 16.0. The minimum Gasteiger partial charge on any atom is -0.481 e. The quantitative estimate of drug-likeness (QED) is 0.817. The summed E-state index contributed by atoms with van der Waals surface area (Å²) < 4.78 is 5.47. The third-order valence-electron chi connectivity index (χ3n) is 4.77. The van der Waals surface area contributed by atoms with Crippen LogP contribution in [0.4, 0.5) is 0 Å². The molecule has 0 spiro atoms. The predicted octanol–water partition coefficient (Wildman–Crippen LogP) is 0.787. The van der Waals surface area contributed by atoms with Gasteiger partial charge in [-0.25, -0.2) is 0 Å². The molecule has 3 aliphatic rings. The Balaban J connectivity index is 1.64. The van der Waals surface area contributed by atoms with Crippen molar-refractivity contribution in [3.05, 3.63) is 0 Å². The molecule has 3 atom stereocenters. The van der Waals surface area contributed by atoms with Crippen LogP contribution in [0.1, 0.15) is 32.6 Å². The Hall–Kier alpha value is -0.650. The van der Waals surface area contributed by atoms with E-state index in [2.05, 4.69) is 16.7 Å². The van der Waals surface area contributed by atoms with E-state index in [1.54, 1.807) is 0 Å². The molecule has 5 nitrogen and oxygen atoms in total. The summed E-state index contributed by atoms with van der Waals surface area (Å²) in [6.45, 7) is 5.62. The molecule has 0 radical (unpaired) electrons. The van der Waals surface area contributed by atoms with Crippen molar-refractivity contribution in [3.63, 3.8) is 0 Å². The highest BCUT2D eigenvalue weighted by atomic mass is 16.5. The van der Waals surface area contributed by atoms with E-state index >= 15 is 0 Å². The average Bonchev–Trinajstić information content (AvgIpc) is 3.13. The van der Waals surface area contributed by atoms with Crippen LogP contribution in [0, 0.1) is 0 Å². The number of hydrogen-bond donors (Lipinski definition) is 1. The van der Waals surface area contributed by atoms with Gasteiger partial charge in [0.25, 0.3) is 0 Å². The number of ether oxygens (including phenoxy) is 1. The molecule has 2 heterocycles. The monoisotopic (exact) mass is 268 g/mol. The van der Waals surface area contributed by atoms with Crippen molar-refractivity contribution in [2.75, 3.05) is 26.3 Å². The van der Waals surface area contributed by atoms with Crippen LogP contribution < -0.4 is 0 Å².